The van der Waals surface area contributed by atoms with Crippen molar-refractivity contribution < 1.29 is 14.7 Å². The van der Waals surface area contributed by atoms with Gasteiger partial charge in [0, 0.05) is 24.5 Å². The minimum absolute atomic E-state index is 0.189. The van der Waals surface area contributed by atoms with Gasteiger partial charge in [-0.2, -0.15) is 0 Å². The number of carbonyl (C=O) groups excluding carboxylic acids is 1. The molecule has 110 valence electrons. The van der Waals surface area contributed by atoms with Crippen LogP contribution in [0.3, 0.4) is 0 Å². The Kier molecular flexibility index (Phi) is 4.81. The number of rotatable bonds is 6. The molecular weight excluding hydrogens is 270 g/mol. The molecule has 1 atom stereocenters. The third kappa shape index (κ3) is 3.98. The third-order valence-corrected chi connectivity index (χ3v) is 3.25. The van der Waals surface area contributed by atoms with Crippen LogP contribution >= 0.6 is 0 Å². The van der Waals surface area contributed by atoms with E-state index in [9.17, 15) is 9.59 Å². The Bertz CT molecular complexity index is 657. The first kappa shape index (κ1) is 14.9. The van der Waals surface area contributed by atoms with Crippen LogP contribution in [0.25, 0.3) is 11.0 Å². The molecule has 2 N–H and O–H groups in total. The van der Waals surface area contributed by atoms with Crippen molar-refractivity contribution in [2.24, 2.45) is 5.92 Å². The fourth-order valence-electron chi connectivity index (χ4n) is 1.94. The van der Waals surface area contributed by atoms with E-state index in [4.69, 9.17) is 5.11 Å². The van der Waals surface area contributed by atoms with Crippen LogP contribution < -0.4 is 5.32 Å². The zero-order valence-electron chi connectivity index (χ0n) is 11.7. The van der Waals surface area contributed by atoms with Gasteiger partial charge in [0.2, 0.25) is 0 Å². The summed E-state index contributed by atoms with van der Waals surface area (Å²) >= 11 is 0. The van der Waals surface area contributed by atoms with Gasteiger partial charge >= 0.3 is 5.97 Å². The van der Waals surface area contributed by atoms with Gasteiger partial charge in [-0.1, -0.05) is 6.92 Å². The molecule has 1 aromatic carbocycles. The van der Waals surface area contributed by atoms with E-state index < -0.39 is 11.9 Å². The number of carboxylic acids is 1. The summed E-state index contributed by atoms with van der Waals surface area (Å²) in [5.74, 6) is -1.39. The van der Waals surface area contributed by atoms with Gasteiger partial charge in [0.1, 0.15) is 0 Å². The number of aromatic nitrogens is 2. The molecule has 0 radical (unpaired) electrons. The van der Waals surface area contributed by atoms with Gasteiger partial charge in [-0.05, 0) is 31.0 Å². The van der Waals surface area contributed by atoms with Crippen LogP contribution in [0.2, 0.25) is 0 Å². The van der Waals surface area contributed by atoms with Gasteiger partial charge in [-0.25, -0.2) is 0 Å². The second-order valence-electron chi connectivity index (χ2n) is 4.90. The smallest absolute Gasteiger partial charge is 0.306 e. The summed E-state index contributed by atoms with van der Waals surface area (Å²) in [5, 5.41) is 11.5. The standard InChI is InChI=1S/C15H17N3O3/c1-10(15(20)21)3-2-6-18-14(19)11-4-5-12-13(9-11)17-8-7-16-12/h4-5,7-10H,2-3,6H2,1H3,(H,18,19)(H,20,21). The molecule has 0 aliphatic carbocycles. The minimum Gasteiger partial charge on any atom is -0.481 e. The zero-order chi connectivity index (χ0) is 15.2. The molecule has 6 nitrogen and oxygen atoms in total. The van der Waals surface area contributed by atoms with Crippen LogP contribution in [0.4, 0.5) is 0 Å². The topological polar surface area (TPSA) is 92.2 Å². The first-order chi connectivity index (χ1) is 10.1. The maximum absolute atomic E-state index is 12.0. The summed E-state index contributed by atoms with van der Waals surface area (Å²) < 4.78 is 0. The second kappa shape index (κ2) is 6.78. The fraction of sp³-hybridized carbons (Fsp3) is 0.333. The number of carboxylic acid groups (broad SMARTS) is 1. The Balaban J connectivity index is 1.89. The fourth-order valence-corrected chi connectivity index (χ4v) is 1.94. The third-order valence-electron chi connectivity index (χ3n) is 3.25. The maximum atomic E-state index is 12.0. The quantitative estimate of drug-likeness (QED) is 0.791. The summed E-state index contributed by atoms with van der Waals surface area (Å²) in [6.45, 7) is 2.11. The summed E-state index contributed by atoms with van der Waals surface area (Å²) in [6.07, 6.45) is 4.36. The Hall–Kier alpha value is -2.50. The monoisotopic (exact) mass is 287 g/mol. The van der Waals surface area contributed by atoms with Crippen molar-refractivity contribution in [3.63, 3.8) is 0 Å². The van der Waals surface area contributed by atoms with Crippen LogP contribution in [-0.4, -0.2) is 33.5 Å². The van der Waals surface area contributed by atoms with Crippen molar-refractivity contribution in [1.82, 2.24) is 15.3 Å². The van der Waals surface area contributed by atoms with E-state index >= 15 is 0 Å². The molecule has 0 saturated heterocycles. The molecule has 1 aromatic heterocycles. The highest BCUT2D eigenvalue weighted by Crippen LogP contribution is 2.11. The van der Waals surface area contributed by atoms with Crippen LogP contribution in [0.5, 0.6) is 0 Å². The number of benzene rings is 1. The van der Waals surface area contributed by atoms with Gasteiger partial charge in [0.15, 0.2) is 0 Å². The van der Waals surface area contributed by atoms with E-state index in [2.05, 4.69) is 15.3 Å². The van der Waals surface area contributed by atoms with E-state index in [-0.39, 0.29) is 5.91 Å². The van der Waals surface area contributed by atoms with Gasteiger partial charge in [-0.15, -0.1) is 0 Å². The first-order valence-electron chi connectivity index (χ1n) is 6.79. The normalized spacial score (nSPS) is 12.0. The number of amides is 1. The van der Waals surface area contributed by atoms with Crippen LogP contribution in [0.1, 0.15) is 30.1 Å². The van der Waals surface area contributed by atoms with Crippen molar-refractivity contribution in [3.05, 3.63) is 36.2 Å². The number of carbonyl (C=O) groups is 2. The summed E-state index contributed by atoms with van der Waals surface area (Å²) in [7, 11) is 0. The molecular formula is C15H17N3O3. The Morgan fingerprint density at radius 2 is 1.95 bits per heavy atom. The van der Waals surface area contributed by atoms with Crippen LogP contribution in [0, 0.1) is 5.92 Å². The summed E-state index contributed by atoms with van der Waals surface area (Å²) in [6, 6.07) is 5.15. The molecule has 1 heterocycles. The Morgan fingerprint density at radius 3 is 2.67 bits per heavy atom. The minimum atomic E-state index is -0.811. The van der Waals surface area contributed by atoms with Gasteiger partial charge in [-0.3, -0.25) is 19.6 Å². The van der Waals surface area contributed by atoms with E-state index in [1.807, 2.05) is 0 Å². The predicted octanol–water partition coefficient (Wildman–Crippen LogP) is 1.86. The number of hydrogen-bond acceptors (Lipinski definition) is 4. The van der Waals surface area contributed by atoms with Gasteiger partial charge in [0.25, 0.3) is 5.91 Å². The SMILES string of the molecule is CC(CCCNC(=O)c1ccc2nccnc2c1)C(=O)O. The lowest BCUT2D eigenvalue weighted by atomic mass is 10.1. The number of fused-ring (bicyclic) bond motifs is 1. The highest BCUT2D eigenvalue weighted by molar-refractivity contribution is 5.97. The zero-order valence-corrected chi connectivity index (χ0v) is 11.7. The van der Waals surface area contributed by atoms with Crippen molar-refractivity contribution >= 4 is 22.9 Å². The highest BCUT2D eigenvalue weighted by atomic mass is 16.4. The van der Waals surface area contributed by atoms with Crippen molar-refractivity contribution in [2.45, 2.75) is 19.8 Å². The van der Waals surface area contributed by atoms with Crippen molar-refractivity contribution in [1.29, 1.82) is 0 Å². The van der Waals surface area contributed by atoms with E-state index in [1.54, 1.807) is 37.5 Å². The molecule has 0 fully saturated rings. The summed E-state index contributed by atoms with van der Waals surface area (Å²) in [5.41, 5.74) is 1.93. The molecule has 2 rings (SSSR count). The average molecular weight is 287 g/mol. The van der Waals surface area contributed by atoms with E-state index in [1.165, 1.54) is 0 Å². The van der Waals surface area contributed by atoms with Crippen molar-refractivity contribution in [2.75, 3.05) is 6.54 Å². The highest BCUT2D eigenvalue weighted by Gasteiger charge is 2.11. The molecule has 6 heteroatoms. The molecule has 0 aliphatic heterocycles. The van der Waals surface area contributed by atoms with Crippen LogP contribution in [0.15, 0.2) is 30.6 Å². The van der Waals surface area contributed by atoms with Gasteiger partial charge in [0.05, 0.1) is 17.0 Å². The molecule has 0 saturated carbocycles. The summed E-state index contributed by atoms with van der Waals surface area (Å²) in [4.78, 5) is 31.0. The molecule has 0 spiro atoms. The lowest BCUT2D eigenvalue weighted by molar-refractivity contribution is -0.141. The molecule has 0 aliphatic rings. The molecule has 1 amide bonds. The maximum Gasteiger partial charge on any atom is 0.306 e. The average Bonchev–Trinajstić information content (AvgIpc) is 2.50. The lowest BCUT2D eigenvalue weighted by Crippen LogP contribution is -2.25. The van der Waals surface area contributed by atoms with Gasteiger partial charge < -0.3 is 10.4 Å². The Labute approximate surface area is 122 Å². The predicted molar refractivity (Wildman–Crippen MR) is 77.9 cm³/mol. The largest absolute Gasteiger partial charge is 0.481 e. The van der Waals surface area contributed by atoms with Crippen LogP contribution in [-0.2, 0) is 4.79 Å². The number of nitrogens with one attached hydrogen (secondary N) is 1. The molecule has 2 aromatic rings. The first-order valence-corrected chi connectivity index (χ1v) is 6.79. The van der Waals surface area contributed by atoms with E-state index in [0.717, 1.165) is 5.52 Å². The molecule has 21 heavy (non-hydrogen) atoms. The number of nitrogens with zero attached hydrogens (tertiary/aromatic N) is 2. The second-order valence-corrected chi connectivity index (χ2v) is 4.90. The molecule has 0 bridgehead atoms. The lowest BCUT2D eigenvalue weighted by Gasteiger charge is -2.08. The van der Waals surface area contributed by atoms with Crippen molar-refractivity contribution in [3.8, 4) is 0 Å². The number of hydrogen-bond donors (Lipinski definition) is 2. The number of aliphatic carboxylic acids is 1. The van der Waals surface area contributed by atoms with E-state index in [0.29, 0.717) is 30.5 Å². The molecule has 1 unspecified atom stereocenters. The Morgan fingerprint density at radius 1 is 1.24 bits per heavy atom.